The van der Waals surface area contributed by atoms with Crippen molar-refractivity contribution in [3.05, 3.63) is 28.8 Å². The van der Waals surface area contributed by atoms with E-state index in [1.54, 1.807) is 34.9 Å². The van der Waals surface area contributed by atoms with Crippen molar-refractivity contribution in [3.8, 4) is 0 Å². The topological polar surface area (TPSA) is 37.8 Å². The van der Waals surface area contributed by atoms with Crippen molar-refractivity contribution in [2.24, 2.45) is 0 Å². The molecule has 0 bridgehead atoms. The van der Waals surface area contributed by atoms with Crippen molar-refractivity contribution in [3.63, 3.8) is 0 Å². The third kappa shape index (κ3) is 4.36. The molecule has 0 aliphatic rings. The van der Waals surface area contributed by atoms with E-state index in [0.29, 0.717) is 0 Å². The van der Waals surface area contributed by atoms with E-state index in [2.05, 4.69) is 28.5 Å². The second kappa shape index (κ2) is 7.50. The summed E-state index contributed by atoms with van der Waals surface area (Å²) in [6.45, 7) is 3.88. The second-order valence-electron chi connectivity index (χ2n) is 3.67. The van der Waals surface area contributed by atoms with Gasteiger partial charge in [-0.3, -0.25) is 0 Å². The number of nitrogens with one attached hydrogen (secondary N) is 1. The summed E-state index contributed by atoms with van der Waals surface area (Å²) in [4.78, 5) is 1.14. The molecule has 0 spiro atoms. The van der Waals surface area contributed by atoms with Crippen molar-refractivity contribution in [1.82, 2.24) is 15.5 Å². The summed E-state index contributed by atoms with van der Waals surface area (Å²) in [7, 11) is 0. The van der Waals surface area contributed by atoms with Gasteiger partial charge >= 0.3 is 0 Å². The lowest BCUT2D eigenvalue weighted by molar-refractivity contribution is 0.718. The fraction of sp³-hybridized carbons (Fsp3) is 0.333. The Bertz CT molecular complexity index is 545. The summed E-state index contributed by atoms with van der Waals surface area (Å²) < 4.78 is 1.93. The highest BCUT2D eigenvalue weighted by molar-refractivity contribution is 8.03. The predicted octanol–water partition coefficient (Wildman–Crippen LogP) is 4.17. The molecule has 0 amide bonds. The van der Waals surface area contributed by atoms with Crippen LogP contribution in [0.1, 0.15) is 12.5 Å². The van der Waals surface area contributed by atoms with Crippen LogP contribution in [0, 0.1) is 0 Å². The van der Waals surface area contributed by atoms with Crippen LogP contribution in [0.25, 0.3) is 0 Å². The number of rotatable bonds is 6. The standard InChI is InChI=1S/C12H14ClN3S3/c1-3-14-7-8-4-5-9(13)6-10(8)18-12-16-15-11(17-2)19-12/h4-6,14H,3,7H2,1-2H3. The summed E-state index contributed by atoms with van der Waals surface area (Å²) in [5, 5.41) is 12.4. The Morgan fingerprint density at radius 3 is 2.79 bits per heavy atom. The van der Waals surface area contributed by atoms with Crippen LogP contribution in [0.2, 0.25) is 5.02 Å². The van der Waals surface area contributed by atoms with Gasteiger partial charge in [0.25, 0.3) is 0 Å². The van der Waals surface area contributed by atoms with Gasteiger partial charge in [-0.25, -0.2) is 0 Å². The Morgan fingerprint density at radius 1 is 1.32 bits per heavy atom. The lowest BCUT2D eigenvalue weighted by atomic mass is 10.2. The van der Waals surface area contributed by atoms with Crippen LogP contribution in [0.15, 0.2) is 31.8 Å². The molecular formula is C12H14ClN3S3. The monoisotopic (exact) mass is 331 g/mol. The lowest BCUT2D eigenvalue weighted by Crippen LogP contribution is -2.12. The number of hydrogen-bond donors (Lipinski definition) is 1. The molecule has 0 unspecified atom stereocenters. The average Bonchev–Trinajstić information content (AvgIpc) is 2.85. The first-order chi connectivity index (χ1) is 9.22. The van der Waals surface area contributed by atoms with Crippen LogP contribution in [-0.2, 0) is 6.54 Å². The minimum atomic E-state index is 0.748. The summed E-state index contributed by atoms with van der Waals surface area (Å²) in [6, 6.07) is 5.97. The average molecular weight is 332 g/mol. The second-order valence-corrected chi connectivity index (χ2v) is 7.43. The molecule has 1 N–H and O–H groups in total. The molecule has 7 heteroatoms. The van der Waals surface area contributed by atoms with E-state index in [4.69, 9.17) is 11.6 Å². The molecule has 0 fully saturated rings. The Morgan fingerprint density at radius 2 is 2.11 bits per heavy atom. The van der Waals surface area contributed by atoms with Crippen molar-refractivity contribution >= 4 is 46.5 Å². The van der Waals surface area contributed by atoms with Crippen molar-refractivity contribution in [2.75, 3.05) is 12.8 Å². The minimum absolute atomic E-state index is 0.748. The Kier molecular flexibility index (Phi) is 5.97. The highest BCUT2D eigenvalue weighted by Crippen LogP contribution is 2.35. The van der Waals surface area contributed by atoms with E-state index >= 15 is 0 Å². The Hall–Kier alpha value is -0.270. The van der Waals surface area contributed by atoms with Gasteiger partial charge in [0.1, 0.15) is 0 Å². The third-order valence-corrected chi connectivity index (χ3v) is 5.64. The molecule has 1 aromatic carbocycles. The summed E-state index contributed by atoms with van der Waals surface area (Å²) in [6.07, 6.45) is 2.00. The van der Waals surface area contributed by atoms with Crippen LogP contribution in [0.4, 0.5) is 0 Å². The first kappa shape index (κ1) is 15.1. The first-order valence-corrected chi connectivity index (χ1v) is 9.01. The molecule has 102 valence electrons. The van der Waals surface area contributed by atoms with Gasteiger partial charge in [-0.15, -0.1) is 10.2 Å². The van der Waals surface area contributed by atoms with Gasteiger partial charge in [-0.05, 0) is 30.5 Å². The van der Waals surface area contributed by atoms with E-state index in [1.807, 2.05) is 18.4 Å². The zero-order valence-corrected chi connectivity index (χ0v) is 13.8. The number of halogens is 1. The van der Waals surface area contributed by atoms with Crippen LogP contribution >= 0.6 is 46.5 Å². The lowest BCUT2D eigenvalue weighted by Gasteiger charge is -2.08. The van der Waals surface area contributed by atoms with E-state index in [1.165, 1.54) is 5.56 Å². The van der Waals surface area contributed by atoms with Gasteiger partial charge in [0, 0.05) is 16.5 Å². The molecule has 0 atom stereocenters. The molecule has 0 aliphatic carbocycles. The van der Waals surface area contributed by atoms with Crippen LogP contribution in [0.5, 0.6) is 0 Å². The Labute approximate surface area is 130 Å². The number of aromatic nitrogens is 2. The fourth-order valence-corrected chi connectivity index (χ4v) is 4.24. The van der Waals surface area contributed by atoms with Gasteiger partial charge in [0.05, 0.1) is 0 Å². The molecule has 0 radical (unpaired) electrons. The van der Waals surface area contributed by atoms with E-state index < -0.39 is 0 Å². The maximum Gasteiger partial charge on any atom is 0.179 e. The van der Waals surface area contributed by atoms with Crippen molar-refractivity contribution in [1.29, 1.82) is 0 Å². The largest absolute Gasteiger partial charge is 0.313 e. The van der Waals surface area contributed by atoms with E-state index in [-0.39, 0.29) is 0 Å². The van der Waals surface area contributed by atoms with Gasteiger partial charge in [0.2, 0.25) is 0 Å². The first-order valence-electron chi connectivity index (χ1n) is 5.77. The molecule has 3 nitrogen and oxygen atoms in total. The van der Waals surface area contributed by atoms with Gasteiger partial charge < -0.3 is 5.32 Å². The summed E-state index contributed by atoms with van der Waals surface area (Å²) in [5.41, 5.74) is 1.23. The molecule has 1 heterocycles. The SMILES string of the molecule is CCNCc1ccc(Cl)cc1Sc1nnc(SC)s1. The third-order valence-electron chi connectivity index (χ3n) is 2.35. The van der Waals surface area contributed by atoms with Crippen molar-refractivity contribution in [2.45, 2.75) is 27.0 Å². The van der Waals surface area contributed by atoms with Gasteiger partial charge in [-0.2, -0.15) is 0 Å². The summed E-state index contributed by atoms with van der Waals surface area (Å²) in [5.74, 6) is 0. The predicted molar refractivity (Wildman–Crippen MR) is 84.6 cm³/mol. The quantitative estimate of drug-likeness (QED) is 0.804. The number of hydrogen-bond acceptors (Lipinski definition) is 6. The maximum atomic E-state index is 6.08. The zero-order chi connectivity index (χ0) is 13.7. The number of nitrogens with zero attached hydrogens (tertiary/aromatic N) is 2. The van der Waals surface area contributed by atoms with Crippen molar-refractivity contribution < 1.29 is 0 Å². The maximum absolute atomic E-state index is 6.08. The highest BCUT2D eigenvalue weighted by Gasteiger charge is 2.09. The molecule has 1 aromatic heterocycles. The van der Waals surface area contributed by atoms with Crippen LogP contribution in [-0.4, -0.2) is 23.0 Å². The molecule has 0 aliphatic heterocycles. The Balaban J connectivity index is 2.19. The van der Waals surface area contributed by atoms with Crippen LogP contribution < -0.4 is 5.32 Å². The van der Waals surface area contributed by atoms with Crippen LogP contribution in [0.3, 0.4) is 0 Å². The molecular weight excluding hydrogens is 318 g/mol. The van der Waals surface area contributed by atoms with Gasteiger partial charge in [0.15, 0.2) is 8.68 Å². The minimum Gasteiger partial charge on any atom is -0.313 e. The molecule has 2 rings (SSSR count). The smallest absolute Gasteiger partial charge is 0.179 e. The molecule has 0 saturated heterocycles. The zero-order valence-electron chi connectivity index (χ0n) is 10.6. The van der Waals surface area contributed by atoms with E-state index in [9.17, 15) is 0 Å². The highest BCUT2D eigenvalue weighted by atomic mass is 35.5. The molecule has 19 heavy (non-hydrogen) atoms. The molecule has 2 aromatic rings. The van der Waals surface area contributed by atoms with E-state index in [0.717, 1.165) is 31.7 Å². The fourth-order valence-electron chi connectivity index (χ4n) is 1.44. The number of thioether (sulfide) groups is 1. The summed E-state index contributed by atoms with van der Waals surface area (Å²) >= 11 is 10.9. The normalized spacial score (nSPS) is 10.9. The van der Waals surface area contributed by atoms with Gasteiger partial charge in [-0.1, -0.05) is 59.5 Å². The molecule has 0 saturated carbocycles. The number of benzene rings is 1.